The Bertz CT molecular complexity index is 1140. The number of Topliss-reactive ketones (excluding diaryl/α,β-unsaturated/α-hetero) is 1. The Hall–Kier alpha value is -3.74. The van der Waals surface area contributed by atoms with E-state index in [4.69, 9.17) is 15.7 Å². The largest absolute Gasteiger partial charge is 0.481 e. The van der Waals surface area contributed by atoms with Crippen LogP contribution in [0, 0.1) is 5.41 Å². The van der Waals surface area contributed by atoms with Crippen molar-refractivity contribution >= 4 is 46.7 Å². The number of anilines is 1. The molecule has 0 bridgehead atoms. The third-order valence-electron chi connectivity index (χ3n) is 5.50. The summed E-state index contributed by atoms with van der Waals surface area (Å²) in [5.41, 5.74) is 0.523. The number of nitrogens with zero attached hydrogens (tertiary/aromatic N) is 3. The molecule has 0 saturated heterocycles. The normalized spacial score (nSPS) is 14.0. The maximum atomic E-state index is 12.9. The Kier molecular flexibility index (Phi) is 12.3. The minimum atomic E-state index is -1.08. The van der Waals surface area contributed by atoms with Crippen LogP contribution in [0.15, 0.2) is 46.1 Å². The van der Waals surface area contributed by atoms with Crippen molar-refractivity contribution in [2.45, 2.75) is 45.1 Å². The minimum absolute atomic E-state index is 0.0322. The third kappa shape index (κ3) is 9.67. The molecule has 1 atom stereocenters. The number of hydrogen-bond acceptors (Lipinski definition) is 9. The summed E-state index contributed by atoms with van der Waals surface area (Å²) in [5.74, 6) is -0.714. The monoisotopic (exact) mass is 533 g/mol. The molecule has 1 aromatic heterocycles. The van der Waals surface area contributed by atoms with Crippen LogP contribution in [0.5, 0.6) is 0 Å². The zero-order valence-electron chi connectivity index (χ0n) is 20.7. The first-order chi connectivity index (χ1) is 17.8. The van der Waals surface area contributed by atoms with Crippen molar-refractivity contribution in [3.05, 3.63) is 46.5 Å². The molecule has 0 spiro atoms. The number of hydrogen-bond donors (Lipinski definition) is 4. The Balaban J connectivity index is 1.93. The Morgan fingerprint density at radius 1 is 1.32 bits per heavy atom. The van der Waals surface area contributed by atoms with Gasteiger partial charge in [0, 0.05) is 24.6 Å². The summed E-state index contributed by atoms with van der Waals surface area (Å²) in [6, 6.07) is -0.867. The molecule has 1 aliphatic carbocycles. The van der Waals surface area contributed by atoms with Gasteiger partial charge in [-0.05, 0) is 19.3 Å². The molecule has 1 unspecified atom stereocenters. The molecule has 37 heavy (non-hydrogen) atoms. The van der Waals surface area contributed by atoms with Gasteiger partial charge in [-0.2, -0.15) is 0 Å². The van der Waals surface area contributed by atoms with Crippen molar-refractivity contribution in [1.82, 2.24) is 14.9 Å². The van der Waals surface area contributed by atoms with Crippen LogP contribution >= 0.6 is 11.8 Å². The van der Waals surface area contributed by atoms with Crippen molar-refractivity contribution < 1.29 is 24.7 Å². The van der Waals surface area contributed by atoms with Crippen molar-refractivity contribution in [3.63, 3.8) is 0 Å². The highest BCUT2D eigenvalue weighted by Gasteiger charge is 2.22. The molecule has 6 N–H and O–H groups in total. The number of rotatable bonds is 16. The molecule has 0 radical (unpaired) electrons. The fraction of sp³-hybridized carbons (Fsp3) is 0.458. The van der Waals surface area contributed by atoms with Crippen LogP contribution < -0.4 is 16.2 Å². The number of amides is 1. The topological polar surface area (TPSA) is 189 Å². The highest BCUT2D eigenvalue weighted by Crippen LogP contribution is 2.17. The van der Waals surface area contributed by atoms with Crippen LogP contribution in [-0.4, -0.2) is 73.5 Å². The lowest BCUT2D eigenvalue weighted by Crippen LogP contribution is -2.40. The maximum absolute atomic E-state index is 12.9. The molecule has 1 aromatic rings. The summed E-state index contributed by atoms with van der Waals surface area (Å²) >= 11 is 1.51. The first kappa shape index (κ1) is 29.5. The van der Waals surface area contributed by atoms with E-state index in [0.717, 1.165) is 18.6 Å². The molecule has 12 nitrogen and oxygen atoms in total. The van der Waals surface area contributed by atoms with Crippen LogP contribution in [-0.2, 0) is 14.4 Å². The number of allylic oxidation sites excluding steroid dienone is 3. The Morgan fingerprint density at radius 3 is 2.76 bits per heavy atom. The summed E-state index contributed by atoms with van der Waals surface area (Å²) in [4.78, 5) is 52.7. The van der Waals surface area contributed by atoms with Crippen LogP contribution in [0.1, 0.15) is 45.1 Å². The number of ketones is 1. The van der Waals surface area contributed by atoms with Gasteiger partial charge in [0.1, 0.15) is 6.04 Å². The second kappa shape index (κ2) is 15.4. The lowest BCUT2D eigenvalue weighted by Gasteiger charge is -2.18. The smallest absolute Gasteiger partial charge is 0.303 e. The molecule has 2 rings (SSSR count). The van der Waals surface area contributed by atoms with Gasteiger partial charge >= 0.3 is 5.97 Å². The number of carboxylic acid groups (broad SMARTS) is 1. The number of carbonyl (C=O) groups is 3. The fourth-order valence-corrected chi connectivity index (χ4v) is 4.42. The lowest BCUT2D eigenvalue weighted by molar-refractivity contribution is -0.136. The van der Waals surface area contributed by atoms with E-state index in [9.17, 15) is 19.2 Å². The molecule has 1 heterocycles. The average Bonchev–Trinajstić information content (AvgIpc) is 2.89. The van der Waals surface area contributed by atoms with E-state index in [-0.39, 0.29) is 54.7 Å². The van der Waals surface area contributed by atoms with Crippen molar-refractivity contribution in [3.8, 4) is 0 Å². The van der Waals surface area contributed by atoms with E-state index in [1.165, 1.54) is 34.3 Å². The molecule has 13 heteroatoms. The van der Waals surface area contributed by atoms with Crippen LogP contribution in [0.3, 0.4) is 0 Å². The van der Waals surface area contributed by atoms with Gasteiger partial charge in [-0.15, -0.1) is 11.8 Å². The van der Waals surface area contributed by atoms with E-state index in [1.54, 1.807) is 6.92 Å². The summed E-state index contributed by atoms with van der Waals surface area (Å²) in [6.45, 7) is 1.42. The molecule has 0 saturated carbocycles. The van der Waals surface area contributed by atoms with Crippen molar-refractivity contribution in [2.24, 2.45) is 5.16 Å². The summed E-state index contributed by atoms with van der Waals surface area (Å²) in [7, 11) is 0. The minimum Gasteiger partial charge on any atom is -0.481 e. The van der Waals surface area contributed by atoms with Crippen molar-refractivity contribution in [2.75, 3.05) is 29.9 Å². The quantitative estimate of drug-likeness (QED) is 0.139. The zero-order chi connectivity index (χ0) is 27.2. The van der Waals surface area contributed by atoms with Crippen LogP contribution in [0.25, 0.3) is 0 Å². The first-order valence-electron chi connectivity index (χ1n) is 11.8. The highest BCUT2D eigenvalue weighted by atomic mass is 32.2. The standard InChI is InChI=1S/C24H32N6O6S/c1-2-20(23(34)28-12-17(31)15-37-14-16-6-4-3-5-7-16)30-11-10-26-22(24(30)35)27-13-19(29-36)18(25)8-9-21(32)33/h3-4,6,10-11,20,25,36H,2,5,7-9,12-15H2,1H3,(H,26,27)(H,28,34)(H,32,33)/p+1/b25-18?,29-19-. The van der Waals surface area contributed by atoms with Gasteiger partial charge in [-0.1, -0.05) is 30.7 Å². The number of thioether (sulfide) groups is 1. The van der Waals surface area contributed by atoms with Gasteiger partial charge in [-0.25, -0.2) is 4.98 Å². The van der Waals surface area contributed by atoms with Gasteiger partial charge in [0.05, 0.1) is 36.1 Å². The molecule has 200 valence electrons. The van der Waals surface area contributed by atoms with E-state index < -0.39 is 23.5 Å². The molecule has 0 aliphatic heterocycles. The predicted molar refractivity (Wildman–Crippen MR) is 144 cm³/mol. The second-order valence-electron chi connectivity index (χ2n) is 8.24. The van der Waals surface area contributed by atoms with Gasteiger partial charge in [0.2, 0.25) is 5.91 Å². The molecule has 1 amide bonds. The number of nitrogens with one attached hydrogen (secondary N) is 3. The van der Waals surface area contributed by atoms with E-state index in [1.807, 2.05) is 6.08 Å². The Morgan fingerprint density at radius 2 is 2.11 bits per heavy atom. The van der Waals surface area contributed by atoms with Gasteiger partial charge in [0.25, 0.3) is 5.56 Å². The summed E-state index contributed by atoms with van der Waals surface area (Å²) in [5, 5.41) is 32.5. The molecule has 0 aromatic carbocycles. The Labute approximate surface area is 218 Å². The number of aromatic nitrogens is 2. The van der Waals surface area contributed by atoms with Crippen molar-refractivity contribution in [1.29, 1.82) is 5.41 Å². The second-order valence-corrected chi connectivity index (χ2v) is 9.22. The third-order valence-corrected chi connectivity index (χ3v) is 6.60. The molecular formula is C24H33N6O6S+. The average molecular weight is 534 g/mol. The lowest BCUT2D eigenvalue weighted by atomic mass is 10.1. The summed E-state index contributed by atoms with van der Waals surface area (Å²) < 4.78 is 1.21. The van der Waals surface area contributed by atoms with Gasteiger partial charge in [-0.3, -0.25) is 23.7 Å². The fourth-order valence-electron chi connectivity index (χ4n) is 3.48. The van der Waals surface area contributed by atoms with Crippen LogP contribution in [0.4, 0.5) is 5.82 Å². The first-order valence-corrected chi connectivity index (χ1v) is 13.0. The predicted octanol–water partition coefficient (Wildman–Crippen LogP) is 1.27. The van der Waals surface area contributed by atoms with Gasteiger partial charge < -0.3 is 26.4 Å². The van der Waals surface area contributed by atoms with E-state index >= 15 is 0 Å². The molecular weight excluding hydrogens is 500 g/mol. The summed E-state index contributed by atoms with van der Waals surface area (Å²) in [6.07, 6.45) is 10.8. The zero-order valence-corrected chi connectivity index (χ0v) is 21.5. The number of carboxylic acids is 1. The van der Waals surface area contributed by atoms with E-state index in [2.05, 4.69) is 32.9 Å². The maximum Gasteiger partial charge on any atom is 0.303 e. The SMILES string of the molecule is CCC(C(=O)NCC(=O)CSCC1=CC=CCC1)n1ccnc(NC/C(=N/[OH2+])C(=N)CCC(=O)O)c1=O. The van der Waals surface area contributed by atoms with E-state index in [0.29, 0.717) is 6.42 Å². The molecule has 1 aliphatic rings. The van der Waals surface area contributed by atoms with Gasteiger partial charge in [0.15, 0.2) is 17.3 Å². The number of carbonyl (C=O) groups excluding carboxylic acids is 2. The van der Waals surface area contributed by atoms with Crippen LogP contribution in [0.2, 0.25) is 0 Å². The number of aliphatic carboxylic acids is 1. The highest BCUT2D eigenvalue weighted by molar-refractivity contribution is 8.00. The molecule has 0 fully saturated rings.